The molecule has 0 heterocycles. The van der Waals surface area contributed by atoms with Crippen molar-refractivity contribution in [3.63, 3.8) is 0 Å². The molecule has 0 aliphatic rings. The first kappa shape index (κ1) is 14.7. The summed E-state index contributed by atoms with van der Waals surface area (Å²) in [4.78, 5) is 0.229. The van der Waals surface area contributed by atoms with Gasteiger partial charge in [0, 0.05) is 9.30 Å². The average molecular weight is 386 g/mol. The smallest absolute Gasteiger partial charge is 0.126 e. The molecule has 100 valence electrons. The fourth-order valence-electron chi connectivity index (χ4n) is 2.12. The summed E-state index contributed by atoms with van der Waals surface area (Å²) in [5.74, 6) is 0.175. The third-order valence-corrected chi connectivity index (χ3v) is 5.09. The van der Waals surface area contributed by atoms with Crippen molar-refractivity contribution in [3.8, 4) is 0 Å². The summed E-state index contributed by atoms with van der Waals surface area (Å²) in [6, 6.07) is 15.3. The van der Waals surface area contributed by atoms with Gasteiger partial charge in [-0.05, 0) is 41.7 Å². The summed E-state index contributed by atoms with van der Waals surface area (Å²) in [5, 5.41) is 0. The largest absolute Gasteiger partial charge is 0.207 e. The van der Waals surface area contributed by atoms with E-state index in [-0.39, 0.29) is 10.6 Å². The maximum Gasteiger partial charge on any atom is 0.126 e. The van der Waals surface area contributed by atoms with E-state index >= 15 is 0 Å². The Bertz CT molecular complexity index is 540. The van der Waals surface area contributed by atoms with Crippen LogP contribution in [-0.2, 0) is 6.42 Å². The van der Waals surface area contributed by atoms with Crippen molar-refractivity contribution >= 4 is 31.9 Å². The summed E-state index contributed by atoms with van der Waals surface area (Å²) in [5.41, 5.74) is 1.98. The van der Waals surface area contributed by atoms with Crippen LogP contribution in [0.25, 0.3) is 0 Å². The van der Waals surface area contributed by atoms with Gasteiger partial charge in [-0.25, -0.2) is 4.39 Å². The molecule has 0 amide bonds. The lowest BCUT2D eigenvalue weighted by molar-refractivity contribution is 0.538. The standard InChI is InChI=1S/C16H15Br2F/c1-11(16(18)12-5-3-2-4-6-12)9-13-10-14(17)7-8-15(13)19/h2-8,10-11,16H,9H2,1H3. The van der Waals surface area contributed by atoms with Gasteiger partial charge in [-0.2, -0.15) is 0 Å². The Hall–Kier alpha value is -0.670. The van der Waals surface area contributed by atoms with Gasteiger partial charge in [0.05, 0.1) is 0 Å². The maximum atomic E-state index is 13.8. The minimum Gasteiger partial charge on any atom is -0.207 e. The maximum absolute atomic E-state index is 13.8. The Morgan fingerprint density at radius 3 is 2.47 bits per heavy atom. The quantitative estimate of drug-likeness (QED) is 0.574. The molecule has 3 heteroatoms. The van der Waals surface area contributed by atoms with Crippen molar-refractivity contribution in [1.29, 1.82) is 0 Å². The van der Waals surface area contributed by atoms with Gasteiger partial charge in [0.1, 0.15) is 5.82 Å². The highest BCUT2D eigenvalue weighted by molar-refractivity contribution is 9.10. The first-order valence-corrected chi connectivity index (χ1v) is 7.91. The predicted octanol–water partition coefficient (Wildman–Crippen LogP) is 5.90. The SMILES string of the molecule is CC(Cc1cc(Br)ccc1F)C(Br)c1ccccc1. The van der Waals surface area contributed by atoms with Crippen LogP contribution >= 0.6 is 31.9 Å². The van der Waals surface area contributed by atoms with E-state index in [1.165, 1.54) is 11.6 Å². The highest BCUT2D eigenvalue weighted by atomic mass is 79.9. The van der Waals surface area contributed by atoms with E-state index < -0.39 is 0 Å². The van der Waals surface area contributed by atoms with E-state index in [0.29, 0.717) is 12.3 Å². The van der Waals surface area contributed by atoms with Crippen molar-refractivity contribution < 1.29 is 4.39 Å². The molecule has 2 rings (SSSR count). The van der Waals surface area contributed by atoms with Gasteiger partial charge in [-0.15, -0.1) is 0 Å². The molecule has 19 heavy (non-hydrogen) atoms. The first-order chi connectivity index (χ1) is 9.08. The van der Waals surface area contributed by atoms with Gasteiger partial charge in [-0.1, -0.05) is 69.1 Å². The van der Waals surface area contributed by atoms with Gasteiger partial charge in [0.2, 0.25) is 0 Å². The van der Waals surface area contributed by atoms with E-state index in [4.69, 9.17) is 0 Å². The third-order valence-electron chi connectivity index (χ3n) is 3.17. The second-order valence-electron chi connectivity index (χ2n) is 4.73. The number of benzene rings is 2. The lowest BCUT2D eigenvalue weighted by Gasteiger charge is -2.19. The molecule has 2 aromatic carbocycles. The van der Waals surface area contributed by atoms with Crippen LogP contribution in [0.4, 0.5) is 4.39 Å². The van der Waals surface area contributed by atoms with Crippen LogP contribution in [0, 0.1) is 11.7 Å². The van der Waals surface area contributed by atoms with E-state index in [1.807, 2.05) is 24.3 Å². The fourth-order valence-corrected chi connectivity index (χ4v) is 3.02. The molecule has 2 atom stereocenters. The monoisotopic (exact) mass is 384 g/mol. The van der Waals surface area contributed by atoms with Crippen molar-refractivity contribution in [2.75, 3.05) is 0 Å². The molecule has 0 aromatic heterocycles. The summed E-state index contributed by atoms with van der Waals surface area (Å²) in [6.45, 7) is 2.13. The molecule has 0 aliphatic carbocycles. The van der Waals surface area contributed by atoms with Gasteiger partial charge in [-0.3, -0.25) is 0 Å². The molecule has 2 aromatic rings. The zero-order valence-electron chi connectivity index (χ0n) is 10.6. The minimum atomic E-state index is -0.136. The van der Waals surface area contributed by atoms with Crippen LogP contribution in [0.15, 0.2) is 53.0 Å². The van der Waals surface area contributed by atoms with Crippen molar-refractivity contribution in [3.05, 3.63) is 69.9 Å². The number of hydrogen-bond donors (Lipinski definition) is 0. The Morgan fingerprint density at radius 1 is 1.11 bits per heavy atom. The number of hydrogen-bond acceptors (Lipinski definition) is 0. The minimum absolute atomic E-state index is 0.136. The molecule has 0 spiro atoms. The zero-order valence-corrected chi connectivity index (χ0v) is 13.8. The highest BCUT2D eigenvalue weighted by Crippen LogP contribution is 2.33. The number of halogens is 3. The van der Waals surface area contributed by atoms with Crippen LogP contribution in [0.3, 0.4) is 0 Å². The van der Waals surface area contributed by atoms with Crippen LogP contribution < -0.4 is 0 Å². The molecule has 0 saturated carbocycles. The van der Waals surface area contributed by atoms with Crippen molar-refractivity contribution in [2.24, 2.45) is 5.92 Å². The van der Waals surface area contributed by atoms with Crippen molar-refractivity contribution in [2.45, 2.75) is 18.2 Å². The van der Waals surface area contributed by atoms with E-state index in [0.717, 1.165) is 10.0 Å². The number of rotatable bonds is 4. The lowest BCUT2D eigenvalue weighted by atomic mass is 9.94. The second kappa shape index (κ2) is 6.67. The van der Waals surface area contributed by atoms with Crippen LogP contribution in [-0.4, -0.2) is 0 Å². The Balaban J connectivity index is 2.12. The second-order valence-corrected chi connectivity index (χ2v) is 6.63. The molecule has 0 nitrogen and oxygen atoms in total. The Morgan fingerprint density at radius 2 is 1.79 bits per heavy atom. The Labute approximate surface area is 130 Å². The topological polar surface area (TPSA) is 0 Å². The summed E-state index contributed by atoms with van der Waals surface area (Å²) in [7, 11) is 0. The van der Waals surface area contributed by atoms with E-state index in [9.17, 15) is 4.39 Å². The molecular weight excluding hydrogens is 371 g/mol. The highest BCUT2D eigenvalue weighted by Gasteiger charge is 2.18. The Kier molecular flexibility index (Phi) is 5.17. The predicted molar refractivity (Wildman–Crippen MR) is 85.1 cm³/mol. The average Bonchev–Trinajstić information content (AvgIpc) is 2.43. The molecule has 0 N–H and O–H groups in total. The summed E-state index contributed by atoms with van der Waals surface area (Å²) < 4.78 is 14.7. The molecule has 2 unspecified atom stereocenters. The molecule has 0 saturated heterocycles. The molecule has 0 radical (unpaired) electrons. The van der Waals surface area contributed by atoms with E-state index in [2.05, 4.69) is 50.9 Å². The normalized spacial score (nSPS) is 14.1. The summed E-state index contributed by atoms with van der Waals surface area (Å²) >= 11 is 7.11. The molecule has 0 bridgehead atoms. The van der Waals surface area contributed by atoms with Crippen molar-refractivity contribution in [1.82, 2.24) is 0 Å². The van der Waals surface area contributed by atoms with E-state index in [1.54, 1.807) is 6.07 Å². The van der Waals surface area contributed by atoms with Gasteiger partial charge in [0.25, 0.3) is 0 Å². The first-order valence-electron chi connectivity index (χ1n) is 6.21. The fraction of sp³-hybridized carbons (Fsp3) is 0.250. The number of alkyl halides is 1. The lowest BCUT2D eigenvalue weighted by Crippen LogP contribution is -2.08. The van der Waals surface area contributed by atoms with Crippen LogP contribution in [0.5, 0.6) is 0 Å². The van der Waals surface area contributed by atoms with Crippen LogP contribution in [0.1, 0.15) is 22.9 Å². The summed E-state index contributed by atoms with van der Waals surface area (Å²) in [6.07, 6.45) is 0.704. The van der Waals surface area contributed by atoms with Gasteiger partial charge in [0.15, 0.2) is 0 Å². The molecule has 0 aliphatic heterocycles. The third kappa shape index (κ3) is 3.90. The zero-order chi connectivity index (χ0) is 13.8. The molecular formula is C16H15Br2F. The van der Waals surface area contributed by atoms with Gasteiger partial charge >= 0.3 is 0 Å². The van der Waals surface area contributed by atoms with Crippen LogP contribution in [0.2, 0.25) is 0 Å². The molecule has 0 fully saturated rings. The van der Waals surface area contributed by atoms with Gasteiger partial charge < -0.3 is 0 Å².